The van der Waals surface area contributed by atoms with Gasteiger partial charge in [-0.05, 0) is 59.7 Å². The van der Waals surface area contributed by atoms with E-state index >= 15 is 0 Å². The van der Waals surface area contributed by atoms with E-state index in [1.165, 1.54) is 48.5 Å². The van der Waals surface area contributed by atoms with Gasteiger partial charge in [0.1, 0.15) is 29.7 Å². The molecule has 0 unspecified atom stereocenters. The van der Waals surface area contributed by atoms with Crippen LogP contribution in [0.2, 0.25) is 0 Å². The summed E-state index contributed by atoms with van der Waals surface area (Å²) in [7, 11) is 0. The van der Waals surface area contributed by atoms with Gasteiger partial charge in [0.25, 0.3) is 5.91 Å². The van der Waals surface area contributed by atoms with Gasteiger partial charge in [0.2, 0.25) is 0 Å². The molecule has 1 aliphatic rings. The molecular weight excluding hydrogens is 442 g/mol. The lowest BCUT2D eigenvalue weighted by molar-refractivity contribution is -0.274. The minimum Gasteiger partial charge on any atom is -0.491 e. The molecule has 5 nitrogen and oxygen atoms in total. The molecule has 1 saturated heterocycles. The Morgan fingerprint density at radius 2 is 1.36 bits per heavy atom. The summed E-state index contributed by atoms with van der Waals surface area (Å²) in [5.41, 5.74) is 1.52. The Labute approximate surface area is 186 Å². The first-order chi connectivity index (χ1) is 15.7. The molecule has 3 aromatic carbocycles. The number of ether oxygens (including phenoxy) is 3. The van der Waals surface area contributed by atoms with Crippen molar-refractivity contribution in [1.29, 1.82) is 0 Å². The molecule has 33 heavy (non-hydrogen) atoms. The van der Waals surface area contributed by atoms with Crippen LogP contribution >= 0.6 is 0 Å². The lowest BCUT2D eigenvalue weighted by atomic mass is 10.1. The summed E-state index contributed by atoms with van der Waals surface area (Å²) < 4.78 is 65.0. The van der Waals surface area contributed by atoms with Crippen LogP contribution in [0, 0.1) is 5.82 Å². The topological polar surface area (TPSA) is 56.8 Å². The molecule has 1 N–H and O–H groups in total. The van der Waals surface area contributed by atoms with Crippen LogP contribution < -0.4 is 19.5 Å². The minimum atomic E-state index is -4.73. The first-order valence-electron chi connectivity index (χ1n) is 10.1. The quantitative estimate of drug-likeness (QED) is 0.497. The van der Waals surface area contributed by atoms with E-state index in [9.17, 15) is 22.4 Å². The predicted molar refractivity (Wildman–Crippen MR) is 111 cm³/mol. The zero-order valence-electron chi connectivity index (χ0n) is 17.1. The first kappa shape index (κ1) is 22.4. The Balaban J connectivity index is 1.29. The van der Waals surface area contributed by atoms with Crippen molar-refractivity contribution in [3.63, 3.8) is 0 Å². The van der Waals surface area contributed by atoms with E-state index in [1.54, 1.807) is 24.3 Å². The molecule has 0 saturated carbocycles. The van der Waals surface area contributed by atoms with Crippen LogP contribution in [-0.4, -0.2) is 31.0 Å². The number of nitrogens with one attached hydrogen (secondary N) is 1. The maximum Gasteiger partial charge on any atom is 0.573 e. The standard InChI is InChI=1S/C24H19F4NO4/c25-17-5-11-20(12-6-17)32-22-13-18(29-23(22)30)14-31-19-7-1-15(2-8-19)16-3-9-21(10-4-16)33-24(26,27)28/h1-12,18,22H,13-14H2,(H,29,30)/t18-,22-/m0/s1. The lowest BCUT2D eigenvalue weighted by Gasteiger charge is -2.13. The number of amides is 1. The van der Waals surface area contributed by atoms with Gasteiger partial charge in [-0.15, -0.1) is 13.2 Å². The molecule has 1 aliphatic heterocycles. The van der Waals surface area contributed by atoms with Crippen molar-refractivity contribution in [2.45, 2.75) is 24.9 Å². The van der Waals surface area contributed by atoms with Crippen molar-refractivity contribution in [3.8, 4) is 28.4 Å². The van der Waals surface area contributed by atoms with Gasteiger partial charge >= 0.3 is 6.36 Å². The van der Waals surface area contributed by atoms with Crippen molar-refractivity contribution in [3.05, 3.63) is 78.6 Å². The average Bonchev–Trinajstić information content (AvgIpc) is 3.13. The van der Waals surface area contributed by atoms with Crippen molar-refractivity contribution < 1.29 is 36.6 Å². The Kier molecular flexibility index (Phi) is 6.39. The van der Waals surface area contributed by atoms with E-state index in [1.807, 2.05) is 0 Å². The molecule has 1 fully saturated rings. The van der Waals surface area contributed by atoms with Crippen molar-refractivity contribution in [1.82, 2.24) is 5.32 Å². The van der Waals surface area contributed by atoms with Crippen LogP contribution in [-0.2, 0) is 4.79 Å². The number of carbonyl (C=O) groups is 1. The zero-order valence-corrected chi connectivity index (χ0v) is 17.1. The van der Waals surface area contributed by atoms with Gasteiger partial charge in [0.15, 0.2) is 6.10 Å². The summed E-state index contributed by atoms with van der Waals surface area (Å²) in [6.07, 6.45) is -5.01. The highest BCUT2D eigenvalue weighted by Crippen LogP contribution is 2.28. The van der Waals surface area contributed by atoms with Gasteiger partial charge in [-0.3, -0.25) is 4.79 Å². The molecule has 4 rings (SSSR count). The number of rotatable bonds is 7. The molecule has 0 spiro atoms. The van der Waals surface area contributed by atoms with E-state index in [4.69, 9.17) is 9.47 Å². The minimum absolute atomic E-state index is 0.234. The highest BCUT2D eigenvalue weighted by Gasteiger charge is 2.34. The summed E-state index contributed by atoms with van der Waals surface area (Å²) in [5, 5.41) is 2.81. The van der Waals surface area contributed by atoms with Crippen LogP contribution in [0.5, 0.6) is 17.2 Å². The summed E-state index contributed by atoms with van der Waals surface area (Å²) in [5.74, 6) is 0.0513. The van der Waals surface area contributed by atoms with Crippen LogP contribution in [0.15, 0.2) is 72.8 Å². The first-order valence-corrected chi connectivity index (χ1v) is 10.1. The van der Waals surface area contributed by atoms with Gasteiger partial charge in [-0.2, -0.15) is 0 Å². The van der Waals surface area contributed by atoms with Crippen LogP contribution in [0.3, 0.4) is 0 Å². The van der Waals surface area contributed by atoms with Crippen molar-refractivity contribution in [2.75, 3.05) is 6.61 Å². The number of halogens is 4. The highest BCUT2D eigenvalue weighted by atomic mass is 19.4. The molecule has 0 aromatic heterocycles. The van der Waals surface area contributed by atoms with Crippen molar-refractivity contribution in [2.24, 2.45) is 0 Å². The monoisotopic (exact) mass is 461 g/mol. The summed E-state index contributed by atoms with van der Waals surface area (Å²) in [6, 6.07) is 17.8. The molecule has 3 aromatic rings. The molecule has 0 radical (unpaired) electrons. The number of alkyl halides is 3. The van der Waals surface area contributed by atoms with Crippen LogP contribution in [0.4, 0.5) is 17.6 Å². The number of hydrogen-bond donors (Lipinski definition) is 1. The fourth-order valence-corrected chi connectivity index (χ4v) is 3.40. The third-order valence-electron chi connectivity index (χ3n) is 4.96. The van der Waals surface area contributed by atoms with Crippen molar-refractivity contribution >= 4 is 5.91 Å². The molecule has 0 bridgehead atoms. The maximum atomic E-state index is 13.0. The Hall–Kier alpha value is -3.75. The number of hydrogen-bond acceptors (Lipinski definition) is 4. The van der Waals surface area contributed by atoms with Gasteiger partial charge in [0.05, 0.1) is 6.04 Å². The van der Waals surface area contributed by atoms with E-state index in [-0.39, 0.29) is 30.1 Å². The third-order valence-corrected chi connectivity index (χ3v) is 4.96. The van der Waals surface area contributed by atoms with E-state index in [0.717, 1.165) is 11.1 Å². The van der Waals surface area contributed by atoms with Crippen LogP contribution in [0.1, 0.15) is 6.42 Å². The summed E-state index contributed by atoms with van der Waals surface area (Å²) >= 11 is 0. The van der Waals surface area contributed by atoms with Gasteiger partial charge in [0, 0.05) is 6.42 Å². The summed E-state index contributed by atoms with van der Waals surface area (Å²) in [6.45, 7) is 0.234. The zero-order chi connectivity index (χ0) is 23.4. The SMILES string of the molecule is O=C1N[C@H](COc2ccc(-c3ccc(OC(F)(F)F)cc3)cc2)C[C@@H]1Oc1ccc(F)cc1. The predicted octanol–water partition coefficient (Wildman–Crippen LogP) is 5.11. The largest absolute Gasteiger partial charge is 0.573 e. The highest BCUT2D eigenvalue weighted by molar-refractivity contribution is 5.83. The Morgan fingerprint density at radius 3 is 1.94 bits per heavy atom. The fraction of sp³-hybridized carbons (Fsp3) is 0.208. The van der Waals surface area contributed by atoms with Crippen LogP contribution in [0.25, 0.3) is 11.1 Å². The van der Waals surface area contributed by atoms with E-state index in [0.29, 0.717) is 17.9 Å². The molecular formula is C24H19F4NO4. The molecule has 172 valence electrons. The molecule has 0 aliphatic carbocycles. The number of benzene rings is 3. The van der Waals surface area contributed by atoms with E-state index < -0.39 is 12.5 Å². The second-order valence-corrected chi connectivity index (χ2v) is 7.41. The Bertz CT molecular complexity index is 1080. The fourth-order valence-electron chi connectivity index (χ4n) is 3.40. The van der Waals surface area contributed by atoms with Gasteiger partial charge < -0.3 is 19.5 Å². The van der Waals surface area contributed by atoms with E-state index in [2.05, 4.69) is 10.1 Å². The molecule has 1 amide bonds. The molecule has 9 heteroatoms. The number of carbonyl (C=O) groups excluding carboxylic acids is 1. The second kappa shape index (κ2) is 9.40. The summed E-state index contributed by atoms with van der Waals surface area (Å²) in [4.78, 5) is 12.1. The molecule has 1 heterocycles. The second-order valence-electron chi connectivity index (χ2n) is 7.41. The maximum absolute atomic E-state index is 13.0. The molecule has 2 atom stereocenters. The normalized spacial score (nSPS) is 18.0. The Morgan fingerprint density at radius 1 is 0.818 bits per heavy atom. The van der Waals surface area contributed by atoms with Gasteiger partial charge in [-0.1, -0.05) is 24.3 Å². The van der Waals surface area contributed by atoms with Gasteiger partial charge in [-0.25, -0.2) is 4.39 Å². The third kappa shape index (κ3) is 6.15. The smallest absolute Gasteiger partial charge is 0.491 e. The average molecular weight is 461 g/mol. The lowest BCUT2D eigenvalue weighted by Crippen LogP contribution is -2.32.